The van der Waals surface area contributed by atoms with Gasteiger partial charge in [-0.05, 0) is 62.5 Å². The van der Waals surface area contributed by atoms with E-state index in [9.17, 15) is 9.90 Å². The average molecular weight is 507 g/mol. The van der Waals surface area contributed by atoms with Gasteiger partial charge in [-0.25, -0.2) is 0 Å². The fourth-order valence-corrected chi connectivity index (χ4v) is 5.06. The van der Waals surface area contributed by atoms with Gasteiger partial charge in [-0.2, -0.15) is 0 Å². The van der Waals surface area contributed by atoms with Gasteiger partial charge in [0.2, 0.25) is 5.91 Å². The zero-order chi connectivity index (χ0) is 26.5. The van der Waals surface area contributed by atoms with Gasteiger partial charge in [-0.1, -0.05) is 19.1 Å². The number of aromatic amines is 1. The maximum atomic E-state index is 12.2. The van der Waals surface area contributed by atoms with Crippen molar-refractivity contribution in [2.75, 3.05) is 47.9 Å². The van der Waals surface area contributed by atoms with Gasteiger partial charge in [-0.15, -0.1) is 0 Å². The summed E-state index contributed by atoms with van der Waals surface area (Å²) in [6, 6.07) is 12.0. The highest BCUT2D eigenvalue weighted by molar-refractivity contribution is 6.14. The molecule has 0 bridgehead atoms. The second-order valence-corrected chi connectivity index (χ2v) is 9.78. The fraction of sp³-hybridized carbons (Fsp3) is 0.448. The van der Waals surface area contributed by atoms with E-state index < -0.39 is 0 Å². The first-order valence-electron chi connectivity index (χ1n) is 12.9. The molecule has 1 saturated heterocycles. The first-order valence-corrected chi connectivity index (χ1v) is 12.9. The number of benzene rings is 2. The highest BCUT2D eigenvalue weighted by Crippen LogP contribution is 2.37. The van der Waals surface area contributed by atoms with Crippen LogP contribution in [0.3, 0.4) is 0 Å². The minimum Gasteiger partial charge on any atom is -0.494 e. The lowest BCUT2D eigenvalue weighted by Gasteiger charge is -2.32. The molecule has 198 valence electrons. The number of ether oxygens (including phenoxy) is 2. The first-order chi connectivity index (χ1) is 17.8. The Labute approximate surface area is 218 Å². The van der Waals surface area contributed by atoms with Crippen LogP contribution in [0.25, 0.3) is 10.9 Å². The van der Waals surface area contributed by atoms with Crippen molar-refractivity contribution in [1.29, 1.82) is 0 Å². The molecule has 1 aliphatic rings. The number of aromatic hydroxyl groups is 1. The van der Waals surface area contributed by atoms with Crippen LogP contribution in [-0.4, -0.2) is 79.5 Å². The molecule has 4 rings (SSSR count). The summed E-state index contributed by atoms with van der Waals surface area (Å²) >= 11 is 0. The van der Waals surface area contributed by atoms with Crippen LogP contribution in [0.1, 0.15) is 37.3 Å². The molecule has 0 unspecified atom stereocenters. The number of rotatable bonds is 9. The summed E-state index contributed by atoms with van der Waals surface area (Å²) in [6.45, 7) is 4.95. The Morgan fingerprint density at radius 2 is 1.76 bits per heavy atom. The van der Waals surface area contributed by atoms with E-state index in [2.05, 4.69) is 22.0 Å². The normalized spacial score (nSPS) is 15.2. The molecule has 0 aliphatic carbocycles. The quantitative estimate of drug-likeness (QED) is 0.408. The van der Waals surface area contributed by atoms with Gasteiger partial charge in [0.15, 0.2) is 17.4 Å². The lowest BCUT2D eigenvalue weighted by molar-refractivity contribution is -0.134. The molecule has 1 fully saturated rings. The van der Waals surface area contributed by atoms with Crippen molar-refractivity contribution in [1.82, 2.24) is 14.8 Å². The summed E-state index contributed by atoms with van der Waals surface area (Å²) in [5.41, 5.74) is 4.34. The van der Waals surface area contributed by atoms with Crippen LogP contribution in [0.15, 0.2) is 41.4 Å². The number of aliphatic imine (C=N–C) groups is 1. The molecule has 1 aromatic heterocycles. The van der Waals surface area contributed by atoms with E-state index in [4.69, 9.17) is 14.5 Å². The highest BCUT2D eigenvalue weighted by atomic mass is 16.5. The lowest BCUT2D eigenvalue weighted by atomic mass is 9.95. The maximum Gasteiger partial charge on any atom is 0.225 e. The molecule has 0 saturated carbocycles. The van der Waals surface area contributed by atoms with Crippen LogP contribution >= 0.6 is 0 Å². The Hall–Kier alpha value is -3.52. The Morgan fingerprint density at radius 1 is 1.11 bits per heavy atom. The number of piperidine rings is 1. The molecular formula is C29H38N4O4. The summed E-state index contributed by atoms with van der Waals surface area (Å²) < 4.78 is 10.9. The van der Waals surface area contributed by atoms with Gasteiger partial charge < -0.3 is 29.4 Å². The highest BCUT2D eigenvalue weighted by Gasteiger charge is 2.25. The molecule has 8 heteroatoms. The van der Waals surface area contributed by atoms with E-state index in [0.717, 1.165) is 61.2 Å². The first kappa shape index (κ1) is 26.5. The van der Waals surface area contributed by atoms with E-state index in [1.165, 1.54) is 5.56 Å². The van der Waals surface area contributed by atoms with Gasteiger partial charge >= 0.3 is 0 Å². The van der Waals surface area contributed by atoms with E-state index in [0.29, 0.717) is 23.5 Å². The van der Waals surface area contributed by atoms with Crippen molar-refractivity contribution >= 4 is 28.2 Å². The summed E-state index contributed by atoms with van der Waals surface area (Å²) in [6.07, 6.45) is 3.48. The summed E-state index contributed by atoms with van der Waals surface area (Å²) in [5.74, 6) is 1.69. The minimum atomic E-state index is 0.0820. The molecule has 2 N–H and O–H groups in total. The standard InChI is InChI=1S/C29H38N4O4/c1-6-23(27-22-17-25(36-4)26(37-5)18-24(22)31-28(27)34)30-21-9-7-19(8-10-21)11-14-33-15-12-20(13-16-33)29(35)32(2)3/h7-10,17-18,20,31,34H,6,11-16H2,1-5H3. The molecule has 0 spiro atoms. The number of hydrogen-bond acceptors (Lipinski definition) is 6. The van der Waals surface area contributed by atoms with Gasteiger partial charge in [0.05, 0.1) is 36.7 Å². The number of nitrogens with zero attached hydrogens (tertiary/aromatic N) is 3. The van der Waals surface area contributed by atoms with Gasteiger partial charge in [0.25, 0.3) is 0 Å². The zero-order valence-electron chi connectivity index (χ0n) is 22.5. The largest absolute Gasteiger partial charge is 0.494 e. The molecule has 0 atom stereocenters. The third kappa shape index (κ3) is 5.91. The summed E-state index contributed by atoms with van der Waals surface area (Å²) in [4.78, 5) is 24.3. The number of likely N-dealkylation sites (tertiary alicyclic amines) is 1. The van der Waals surface area contributed by atoms with Crippen LogP contribution in [-0.2, 0) is 11.2 Å². The van der Waals surface area contributed by atoms with Crippen molar-refractivity contribution in [2.24, 2.45) is 10.9 Å². The van der Waals surface area contributed by atoms with E-state index in [1.54, 1.807) is 19.1 Å². The topological polar surface area (TPSA) is 90.4 Å². The smallest absolute Gasteiger partial charge is 0.225 e. The molecule has 3 aromatic rings. The summed E-state index contributed by atoms with van der Waals surface area (Å²) in [7, 11) is 6.86. The van der Waals surface area contributed by atoms with Gasteiger partial charge in [-0.3, -0.25) is 9.79 Å². The molecule has 0 radical (unpaired) electrons. The number of carbonyl (C=O) groups excluding carboxylic acids is 1. The van der Waals surface area contributed by atoms with Crippen LogP contribution in [0.4, 0.5) is 5.69 Å². The Kier molecular flexibility index (Phi) is 8.38. The second kappa shape index (κ2) is 11.7. The van der Waals surface area contributed by atoms with Crippen LogP contribution in [0.2, 0.25) is 0 Å². The third-order valence-corrected chi connectivity index (χ3v) is 7.20. The molecular weight excluding hydrogens is 468 g/mol. The molecule has 8 nitrogen and oxygen atoms in total. The SMILES string of the molecule is CCC(=Nc1ccc(CCN2CCC(C(=O)N(C)C)CC2)cc1)c1c(O)[nH]c2cc(OC)c(OC)cc12. The summed E-state index contributed by atoms with van der Waals surface area (Å²) in [5, 5.41) is 11.5. The number of methoxy groups -OCH3 is 2. The van der Waals surface area contributed by atoms with Crippen molar-refractivity contribution in [3.05, 3.63) is 47.5 Å². The number of fused-ring (bicyclic) bond motifs is 1. The number of carbonyl (C=O) groups is 1. The minimum absolute atomic E-state index is 0.0820. The lowest BCUT2D eigenvalue weighted by Crippen LogP contribution is -2.40. The predicted molar refractivity (Wildman–Crippen MR) is 148 cm³/mol. The molecule has 1 amide bonds. The number of aromatic nitrogens is 1. The fourth-order valence-electron chi connectivity index (χ4n) is 5.06. The van der Waals surface area contributed by atoms with Gasteiger partial charge in [0.1, 0.15) is 0 Å². The van der Waals surface area contributed by atoms with Crippen LogP contribution in [0, 0.1) is 5.92 Å². The van der Waals surface area contributed by atoms with E-state index in [-0.39, 0.29) is 17.7 Å². The van der Waals surface area contributed by atoms with Crippen LogP contribution < -0.4 is 9.47 Å². The number of nitrogens with one attached hydrogen (secondary N) is 1. The molecule has 37 heavy (non-hydrogen) atoms. The Morgan fingerprint density at radius 3 is 2.35 bits per heavy atom. The number of amides is 1. The Bertz CT molecular complexity index is 1260. The van der Waals surface area contributed by atoms with E-state index >= 15 is 0 Å². The van der Waals surface area contributed by atoms with Gasteiger partial charge in [0, 0.05) is 38.0 Å². The Balaban J connectivity index is 1.44. The van der Waals surface area contributed by atoms with Crippen molar-refractivity contribution in [3.8, 4) is 17.4 Å². The second-order valence-electron chi connectivity index (χ2n) is 9.78. The zero-order valence-corrected chi connectivity index (χ0v) is 22.5. The molecule has 2 heterocycles. The third-order valence-electron chi connectivity index (χ3n) is 7.20. The molecule has 1 aliphatic heterocycles. The predicted octanol–water partition coefficient (Wildman–Crippen LogP) is 4.76. The van der Waals surface area contributed by atoms with Crippen molar-refractivity contribution in [2.45, 2.75) is 32.6 Å². The maximum absolute atomic E-state index is 12.2. The number of hydrogen-bond donors (Lipinski definition) is 2. The van der Waals surface area contributed by atoms with E-state index in [1.807, 2.05) is 45.3 Å². The number of H-pyrrole nitrogens is 1. The van der Waals surface area contributed by atoms with Crippen molar-refractivity contribution in [3.63, 3.8) is 0 Å². The van der Waals surface area contributed by atoms with Crippen LogP contribution in [0.5, 0.6) is 17.4 Å². The monoisotopic (exact) mass is 506 g/mol. The molecule has 2 aromatic carbocycles. The van der Waals surface area contributed by atoms with Crippen molar-refractivity contribution < 1.29 is 19.4 Å². The average Bonchev–Trinajstić information content (AvgIpc) is 3.24.